The van der Waals surface area contributed by atoms with Crippen LogP contribution >= 0.6 is 0 Å². The van der Waals surface area contributed by atoms with E-state index in [1.54, 1.807) is 0 Å². The molecule has 2 atom stereocenters. The first-order valence-corrected chi connectivity index (χ1v) is 9.11. The summed E-state index contributed by atoms with van der Waals surface area (Å²) in [5.41, 5.74) is 4.88. The van der Waals surface area contributed by atoms with E-state index in [1.165, 1.54) is 23.1 Å². The van der Waals surface area contributed by atoms with E-state index < -0.39 is 0 Å². The molecule has 24 heavy (non-hydrogen) atoms. The molecule has 0 aliphatic heterocycles. The molecule has 2 nitrogen and oxygen atoms in total. The van der Waals surface area contributed by atoms with Crippen LogP contribution in [-0.4, -0.2) is 23.8 Å². The van der Waals surface area contributed by atoms with Crippen LogP contribution in [0.1, 0.15) is 59.8 Å². The minimum Gasteiger partial charge on any atom is -0.298 e. The lowest BCUT2D eigenvalue weighted by Gasteiger charge is -2.39. The molecule has 1 unspecified atom stereocenters. The summed E-state index contributed by atoms with van der Waals surface area (Å²) < 4.78 is 0. The highest BCUT2D eigenvalue weighted by Gasteiger charge is 2.28. The molecule has 0 saturated carbocycles. The summed E-state index contributed by atoms with van der Waals surface area (Å²) in [4.78, 5) is 14.1. The van der Waals surface area contributed by atoms with Gasteiger partial charge in [-0.2, -0.15) is 0 Å². The van der Waals surface area contributed by atoms with E-state index in [2.05, 4.69) is 55.1 Å². The van der Waals surface area contributed by atoms with Crippen molar-refractivity contribution < 1.29 is 4.79 Å². The van der Waals surface area contributed by atoms with Gasteiger partial charge in [0.05, 0.1) is 0 Å². The van der Waals surface area contributed by atoms with Gasteiger partial charge in [-0.15, -0.1) is 0 Å². The Bertz CT molecular complexity index is 680. The lowest BCUT2D eigenvalue weighted by molar-refractivity contribution is 0.111. The molecule has 0 radical (unpaired) electrons. The topological polar surface area (TPSA) is 20.3 Å². The van der Waals surface area contributed by atoms with E-state index >= 15 is 0 Å². The van der Waals surface area contributed by atoms with E-state index in [-0.39, 0.29) is 0 Å². The lowest BCUT2D eigenvalue weighted by atomic mass is 9.84. The zero-order chi connectivity index (χ0) is 16.9. The first-order chi connectivity index (χ1) is 11.7. The molecule has 2 heteroatoms. The SMILES string of the molecule is CCCN(C1CCc2cccc(C=O)c2C1)[C@@H](C)c1ccccc1. The minimum absolute atomic E-state index is 0.404. The molecule has 0 fully saturated rings. The third-order valence-corrected chi connectivity index (χ3v) is 5.35. The summed E-state index contributed by atoms with van der Waals surface area (Å²) in [5.74, 6) is 0. The van der Waals surface area contributed by atoms with E-state index in [0.717, 1.165) is 37.7 Å². The van der Waals surface area contributed by atoms with Crippen molar-refractivity contribution in [2.24, 2.45) is 0 Å². The number of rotatable bonds is 6. The first kappa shape index (κ1) is 16.9. The number of hydrogen-bond donors (Lipinski definition) is 0. The molecule has 0 heterocycles. The van der Waals surface area contributed by atoms with Crippen LogP contribution in [0.3, 0.4) is 0 Å². The van der Waals surface area contributed by atoms with E-state index in [0.29, 0.717) is 12.1 Å². The van der Waals surface area contributed by atoms with Gasteiger partial charge in [-0.05, 0) is 55.8 Å². The number of fused-ring (bicyclic) bond motifs is 1. The average molecular weight is 321 g/mol. The third-order valence-electron chi connectivity index (χ3n) is 5.35. The number of carbonyl (C=O) groups is 1. The molecule has 3 rings (SSSR count). The first-order valence-electron chi connectivity index (χ1n) is 9.11. The van der Waals surface area contributed by atoms with E-state index in [4.69, 9.17) is 0 Å². The second-order valence-electron chi connectivity index (χ2n) is 6.82. The summed E-state index contributed by atoms with van der Waals surface area (Å²) in [6.45, 7) is 5.66. The van der Waals surface area contributed by atoms with Gasteiger partial charge in [-0.1, -0.05) is 55.5 Å². The van der Waals surface area contributed by atoms with Gasteiger partial charge >= 0.3 is 0 Å². The Kier molecular flexibility index (Phi) is 5.47. The van der Waals surface area contributed by atoms with Gasteiger partial charge in [-0.25, -0.2) is 0 Å². The summed E-state index contributed by atoms with van der Waals surface area (Å²) in [7, 11) is 0. The number of hydrogen-bond acceptors (Lipinski definition) is 2. The van der Waals surface area contributed by atoms with Crippen LogP contribution < -0.4 is 0 Å². The van der Waals surface area contributed by atoms with Gasteiger partial charge in [0.15, 0.2) is 0 Å². The maximum absolute atomic E-state index is 11.4. The zero-order valence-corrected chi connectivity index (χ0v) is 14.7. The van der Waals surface area contributed by atoms with Crippen molar-refractivity contribution in [1.82, 2.24) is 4.90 Å². The third kappa shape index (κ3) is 3.44. The quantitative estimate of drug-likeness (QED) is 0.710. The standard InChI is InChI=1S/C22H27NO/c1-3-14-23(17(2)18-8-5-4-6-9-18)21-13-12-19-10-7-11-20(16-24)22(19)15-21/h4-11,16-17,21H,3,12-15H2,1-2H3/t17-,21?/m0/s1. The molecule has 0 amide bonds. The fraction of sp³-hybridized carbons (Fsp3) is 0.409. The van der Waals surface area contributed by atoms with Crippen molar-refractivity contribution in [3.8, 4) is 0 Å². The fourth-order valence-electron chi connectivity index (χ4n) is 4.06. The van der Waals surface area contributed by atoms with Crippen LogP contribution in [0.2, 0.25) is 0 Å². The fourth-order valence-corrected chi connectivity index (χ4v) is 4.06. The van der Waals surface area contributed by atoms with Gasteiger partial charge in [0.2, 0.25) is 0 Å². The van der Waals surface area contributed by atoms with Crippen LogP contribution in [0, 0.1) is 0 Å². The second kappa shape index (κ2) is 7.76. The number of carbonyl (C=O) groups excluding carboxylic acids is 1. The van der Waals surface area contributed by atoms with Crippen LogP contribution in [0.5, 0.6) is 0 Å². The molecule has 126 valence electrons. The van der Waals surface area contributed by atoms with Crippen LogP contribution in [0.4, 0.5) is 0 Å². The predicted octanol–water partition coefficient (Wildman–Crippen LogP) is 4.83. The number of aldehydes is 1. The molecule has 0 bridgehead atoms. The highest BCUT2D eigenvalue weighted by Crippen LogP contribution is 2.31. The minimum atomic E-state index is 0.404. The second-order valence-corrected chi connectivity index (χ2v) is 6.82. The Balaban J connectivity index is 1.86. The molecular weight excluding hydrogens is 294 g/mol. The van der Waals surface area contributed by atoms with Gasteiger partial charge in [0.25, 0.3) is 0 Å². The maximum Gasteiger partial charge on any atom is 0.150 e. The predicted molar refractivity (Wildman–Crippen MR) is 99.5 cm³/mol. The Labute approximate surface area is 145 Å². The van der Waals surface area contributed by atoms with Crippen LogP contribution in [-0.2, 0) is 12.8 Å². The van der Waals surface area contributed by atoms with Crippen molar-refractivity contribution in [2.45, 2.75) is 51.6 Å². The van der Waals surface area contributed by atoms with Gasteiger partial charge in [0.1, 0.15) is 6.29 Å². The summed E-state index contributed by atoms with van der Waals surface area (Å²) >= 11 is 0. The van der Waals surface area contributed by atoms with E-state index in [1.807, 2.05) is 12.1 Å². The number of benzene rings is 2. The van der Waals surface area contributed by atoms with Gasteiger partial charge in [0, 0.05) is 17.6 Å². The zero-order valence-electron chi connectivity index (χ0n) is 14.7. The molecule has 0 spiro atoms. The lowest BCUT2D eigenvalue weighted by Crippen LogP contribution is -2.41. The molecule has 1 aliphatic carbocycles. The number of nitrogens with zero attached hydrogens (tertiary/aromatic N) is 1. The molecule has 0 aromatic heterocycles. The Morgan fingerprint density at radius 3 is 2.67 bits per heavy atom. The molecule has 0 saturated heterocycles. The maximum atomic E-state index is 11.4. The van der Waals surface area contributed by atoms with Crippen molar-refractivity contribution in [2.75, 3.05) is 6.54 Å². The molecule has 2 aromatic rings. The Morgan fingerprint density at radius 1 is 1.17 bits per heavy atom. The monoisotopic (exact) mass is 321 g/mol. The summed E-state index contributed by atoms with van der Waals surface area (Å²) in [5, 5.41) is 0. The van der Waals surface area contributed by atoms with Gasteiger partial charge in [-0.3, -0.25) is 9.69 Å². The Morgan fingerprint density at radius 2 is 1.96 bits per heavy atom. The molecular formula is C22H27NO. The highest BCUT2D eigenvalue weighted by atomic mass is 16.1. The number of aryl methyl sites for hydroxylation is 1. The summed E-state index contributed by atoms with van der Waals surface area (Å²) in [6.07, 6.45) is 5.40. The molecule has 1 aliphatic rings. The van der Waals surface area contributed by atoms with Crippen molar-refractivity contribution >= 4 is 6.29 Å². The Hall–Kier alpha value is -1.93. The van der Waals surface area contributed by atoms with Crippen LogP contribution in [0.15, 0.2) is 48.5 Å². The highest BCUT2D eigenvalue weighted by molar-refractivity contribution is 5.78. The van der Waals surface area contributed by atoms with Gasteiger partial charge < -0.3 is 0 Å². The molecule has 2 aromatic carbocycles. The normalized spacial score (nSPS) is 18.2. The van der Waals surface area contributed by atoms with Crippen molar-refractivity contribution in [1.29, 1.82) is 0 Å². The molecule has 0 N–H and O–H groups in total. The average Bonchev–Trinajstić information content (AvgIpc) is 2.65. The van der Waals surface area contributed by atoms with Crippen molar-refractivity contribution in [3.05, 3.63) is 70.8 Å². The van der Waals surface area contributed by atoms with Crippen molar-refractivity contribution in [3.63, 3.8) is 0 Å². The van der Waals surface area contributed by atoms with E-state index in [9.17, 15) is 4.79 Å². The summed E-state index contributed by atoms with van der Waals surface area (Å²) in [6, 6.07) is 17.8. The largest absolute Gasteiger partial charge is 0.298 e. The van der Waals surface area contributed by atoms with Crippen LogP contribution in [0.25, 0.3) is 0 Å². The smallest absolute Gasteiger partial charge is 0.150 e.